The lowest BCUT2D eigenvalue weighted by Crippen LogP contribution is -2.44. The van der Waals surface area contributed by atoms with Crippen molar-refractivity contribution < 1.29 is 22.7 Å². The van der Waals surface area contributed by atoms with Crippen molar-refractivity contribution in [1.29, 1.82) is 0 Å². The van der Waals surface area contributed by atoms with E-state index >= 15 is 0 Å². The van der Waals surface area contributed by atoms with E-state index in [9.17, 15) is 18.0 Å². The molecule has 12 heteroatoms. The van der Waals surface area contributed by atoms with E-state index in [4.69, 9.17) is 0 Å². The van der Waals surface area contributed by atoms with Crippen molar-refractivity contribution in [2.24, 2.45) is 0 Å². The molecule has 1 amide bonds. The number of aromatic nitrogens is 6. The molecular formula is C24H22F3N7O2. The highest BCUT2D eigenvalue weighted by molar-refractivity contribution is 5.98. The maximum absolute atomic E-state index is 13.8. The van der Waals surface area contributed by atoms with Gasteiger partial charge in [-0.2, -0.15) is 20.1 Å². The molecule has 2 aromatic carbocycles. The molecular weight excluding hydrogens is 475 g/mol. The van der Waals surface area contributed by atoms with Gasteiger partial charge in [0.1, 0.15) is 5.75 Å². The van der Waals surface area contributed by atoms with E-state index in [1.54, 1.807) is 23.1 Å². The first kappa shape index (κ1) is 23.5. The monoisotopic (exact) mass is 497 g/mol. The van der Waals surface area contributed by atoms with Gasteiger partial charge in [-0.3, -0.25) is 9.89 Å². The summed E-state index contributed by atoms with van der Waals surface area (Å²) in [5.41, 5.74) is 1.10. The molecule has 1 aliphatic heterocycles. The van der Waals surface area contributed by atoms with Gasteiger partial charge in [0, 0.05) is 6.54 Å². The van der Waals surface area contributed by atoms with E-state index < -0.39 is 17.7 Å². The third kappa shape index (κ3) is 4.30. The van der Waals surface area contributed by atoms with Crippen molar-refractivity contribution in [3.8, 4) is 22.8 Å². The minimum Gasteiger partial charge on any atom is -0.405 e. The highest BCUT2D eigenvalue weighted by Crippen LogP contribution is 2.40. The molecule has 3 heterocycles. The molecule has 1 saturated heterocycles. The largest absolute Gasteiger partial charge is 0.573 e. The molecule has 4 aromatic rings. The summed E-state index contributed by atoms with van der Waals surface area (Å²) in [5.74, 6) is -0.222. The first-order valence-electron chi connectivity index (χ1n) is 11.2. The van der Waals surface area contributed by atoms with Gasteiger partial charge in [0.2, 0.25) is 0 Å². The van der Waals surface area contributed by atoms with Crippen LogP contribution in [0.2, 0.25) is 0 Å². The zero-order valence-corrected chi connectivity index (χ0v) is 19.5. The zero-order valence-electron chi connectivity index (χ0n) is 19.5. The number of alkyl halides is 3. The van der Waals surface area contributed by atoms with Crippen LogP contribution >= 0.6 is 0 Å². The van der Waals surface area contributed by atoms with Gasteiger partial charge in [-0.1, -0.05) is 23.8 Å². The van der Waals surface area contributed by atoms with Crippen LogP contribution < -0.4 is 4.74 Å². The smallest absolute Gasteiger partial charge is 0.405 e. The minimum atomic E-state index is -4.86. The number of amides is 1. The summed E-state index contributed by atoms with van der Waals surface area (Å²) in [7, 11) is 0. The number of carbonyl (C=O) groups is 1. The standard InChI is InChI=1S/C24H22F3N7O2/c1-15-8-9-18(34-28-11-12-29-34)17(14-15)21(35)33-13-5-10-23(33,2)22-30-20(31-32-22)16-6-3-4-7-19(16)36-24(25,26)27/h3-4,6-9,11-12,14H,5,10,13H2,1-2H3,(H,30,31,32). The number of likely N-dealkylation sites (tertiary alicyclic amines) is 1. The second kappa shape index (κ2) is 8.77. The summed E-state index contributed by atoms with van der Waals surface area (Å²) in [5, 5.41) is 15.3. The fraction of sp³-hybridized carbons (Fsp3) is 0.292. The van der Waals surface area contributed by atoms with Crippen molar-refractivity contribution >= 4 is 5.91 Å². The number of rotatable bonds is 5. The number of para-hydroxylation sites is 1. The Kier molecular flexibility index (Phi) is 5.73. The van der Waals surface area contributed by atoms with Crippen LogP contribution in [0.1, 0.15) is 41.5 Å². The first-order valence-corrected chi connectivity index (χ1v) is 11.2. The Hall–Kier alpha value is -4.22. The number of carbonyl (C=O) groups excluding carboxylic acids is 1. The summed E-state index contributed by atoms with van der Waals surface area (Å²) in [6.45, 7) is 4.23. The zero-order chi connectivity index (χ0) is 25.5. The van der Waals surface area contributed by atoms with Crippen molar-refractivity contribution in [1.82, 2.24) is 35.1 Å². The average Bonchev–Trinajstić information content (AvgIpc) is 3.59. The Morgan fingerprint density at radius 1 is 1.14 bits per heavy atom. The number of nitrogens with zero attached hydrogens (tertiary/aromatic N) is 6. The van der Waals surface area contributed by atoms with E-state index in [1.807, 2.05) is 19.9 Å². The van der Waals surface area contributed by atoms with Gasteiger partial charge in [0.25, 0.3) is 5.91 Å². The fourth-order valence-corrected chi connectivity index (χ4v) is 4.50. The van der Waals surface area contributed by atoms with Crippen molar-refractivity contribution in [3.63, 3.8) is 0 Å². The maximum atomic E-state index is 13.8. The van der Waals surface area contributed by atoms with Crippen molar-refractivity contribution in [2.75, 3.05) is 6.54 Å². The Balaban J connectivity index is 1.50. The second-order valence-corrected chi connectivity index (χ2v) is 8.72. The predicted molar refractivity (Wildman–Crippen MR) is 122 cm³/mol. The van der Waals surface area contributed by atoms with E-state index in [1.165, 1.54) is 35.4 Å². The molecule has 5 rings (SSSR count). The van der Waals surface area contributed by atoms with Gasteiger partial charge >= 0.3 is 6.36 Å². The average molecular weight is 497 g/mol. The number of hydrogen-bond donors (Lipinski definition) is 1. The van der Waals surface area contributed by atoms with Crippen molar-refractivity contribution in [2.45, 2.75) is 38.6 Å². The van der Waals surface area contributed by atoms with Crippen LogP contribution in [0.5, 0.6) is 5.75 Å². The SMILES string of the molecule is Cc1ccc(-n2nccn2)c(C(=O)N2CCCC2(C)c2nc(-c3ccccc3OC(F)(F)F)n[nH]2)c1. The maximum Gasteiger partial charge on any atom is 0.573 e. The summed E-state index contributed by atoms with van der Waals surface area (Å²) in [4.78, 5) is 21.4. The highest BCUT2D eigenvalue weighted by Gasteiger charge is 2.44. The molecule has 0 spiro atoms. The number of ether oxygens (including phenoxy) is 1. The summed E-state index contributed by atoms with van der Waals surface area (Å²) in [6.07, 6.45) is -0.484. The molecule has 1 N–H and O–H groups in total. The van der Waals surface area contributed by atoms with E-state index in [2.05, 4.69) is 30.1 Å². The van der Waals surface area contributed by atoms with E-state index in [-0.39, 0.29) is 17.3 Å². The molecule has 9 nitrogen and oxygen atoms in total. The van der Waals surface area contributed by atoms with Crippen LogP contribution in [0.3, 0.4) is 0 Å². The van der Waals surface area contributed by atoms with Gasteiger partial charge < -0.3 is 9.64 Å². The molecule has 0 radical (unpaired) electrons. The predicted octanol–water partition coefficient (Wildman–Crippen LogP) is 4.41. The quantitative estimate of drug-likeness (QED) is 0.438. The Labute approximate surface area is 203 Å². The third-order valence-electron chi connectivity index (χ3n) is 6.25. The number of aryl methyl sites for hydroxylation is 1. The van der Waals surface area contributed by atoms with Gasteiger partial charge in [-0.05, 0) is 51.0 Å². The van der Waals surface area contributed by atoms with Crippen molar-refractivity contribution in [3.05, 3.63) is 71.8 Å². The molecule has 1 fully saturated rings. The van der Waals surface area contributed by atoms with Crippen LogP contribution in [0.4, 0.5) is 13.2 Å². The molecule has 1 aliphatic rings. The number of hydrogen-bond acceptors (Lipinski definition) is 6. The lowest BCUT2D eigenvalue weighted by atomic mass is 9.96. The van der Waals surface area contributed by atoms with Gasteiger partial charge in [0.05, 0.1) is 34.7 Å². The Morgan fingerprint density at radius 2 is 1.89 bits per heavy atom. The number of H-pyrrole nitrogens is 1. The molecule has 0 aliphatic carbocycles. The summed E-state index contributed by atoms with van der Waals surface area (Å²) in [6, 6.07) is 11.1. The second-order valence-electron chi connectivity index (χ2n) is 8.72. The number of halogens is 3. The van der Waals surface area contributed by atoms with E-state index in [0.29, 0.717) is 36.5 Å². The Bertz CT molecular complexity index is 1400. The first-order chi connectivity index (χ1) is 17.2. The van der Waals surface area contributed by atoms with Gasteiger partial charge in [0.15, 0.2) is 11.6 Å². The van der Waals surface area contributed by atoms with E-state index in [0.717, 1.165) is 5.56 Å². The lowest BCUT2D eigenvalue weighted by molar-refractivity contribution is -0.274. The molecule has 1 unspecified atom stereocenters. The fourth-order valence-electron chi connectivity index (χ4n) is 4.50. The molecule has 36 heavy (non-hydrogen) atoms. The molecule has 0 saturated carbocycles. The van der Waals surface area contributed by atoms with Crippen LogP contribution in [-0.2, 0) is 5.54 Å². The van der Waals surface area contributed by atoms with Crippen LogP contribution in [0.15, 0.2) is 54.9 Å². The van der Waals surface area contributed by atoms with Gasteiger partial charge in [-0.25, -0.2) is 4.98 Å². The molecule has 186 valence electrons. The molecule has 0 bridgehead atoms. The highest BCUT2D eigenvalue weighted by atomic mass is 19.4. The normalized spacial score (nSPS) is 18.0. The lowest BCUT2D eigenvalue weighted by Gasteiger charge is -2.33. The number of aromatic amines is 1. The topological polar surface area (TPSA) is 102 Å². The van der Waals surface area contributed by atoms with Crippen LogP contribution in [0.25, 0.3) is 17.1 Å². The summed E-state index contributed by atoms with van der Waals surface area (Å²) < 4.78 is 42.8. The molecule has 1 atom stereocenters. The third-order valence-corrected chi connectivity index (χ3v) is 6.25. The minimum absolute atomic E-state index is 0.0439. The summed E-state index contributed by atoms with van der Waals surface area (Å²) >= 11 is 0. The van der Waals surface area contributed by atoms with Gasteiger partial charge in [-0.15, -0.1) is 13.2 Å². The molecule has 2 aromatic heterocycles. The number of benzene rings is 2. The Morgan fingerprint density at radius 3 is 2.64 bits per heavy atom. The van der Waals surface area contributed by atoms with Crippen LogP contribution in [0, 0.1) is 6.92 Å². The van der Waals surface area contributed by atoms with Crippen LogP contribution in [-0.4, -0.2) is 53.9 Å². The number of nitrogens with one attached hydrogen (secondary N) is 1.